The van der Waals surface area contributed by atoms with Crippen molar-refractivity contribution in [1.29, 1.82) is 0 Å². The summed E-state index contributed by atoms with van der Waals surface area (Å²) in [4.78, 5) is 15.8. The number of aromatic nitrogens is 2. The maximum absolute atomic E-state index is 11.9. The summed E-state index contributed by atoms with van der Waals surface area (Å²) in [6.07, 6.45) is 3.11. The first kappa shape index (κ1) is 10.1. The molecule has 2 heterocycles. The van der Waals surface area contributed by atoms with Crippen molar-refractivity contribution in [3.63, 3.8) is 0 Å². The lowest BCUT2D eigenvalue weighted by Gasteiger charge is -2.07. The van der Waals surface area contributed by atoms with Crippen LogP contribution < -0.4 is 5.56 Å². The molecule has 0 fully saturated rings. The number of fused-ring (bicyclic) bond motifs is 1. The molecule has 0 bridgehead atoms. The minimum absolute atomic E-state index is 0.120. The summed E-state index contributed by atoms with van der Waals surface area (Å²) in [6.45, 7) is 0.0773. The van der Waals surface area contributed by atoms with E-state index in [0.717, 1.165) is 5.39 Å². The summed E-state index contributed by atoms with van der Waals surface area (Å²) < 4.78 is 1.32. The lowest BCUT2D eigenvalue weighted by Crippen LogP contribution is -2.22. The van der Waals surface area contributed by atoms with Crippen molar-refractivity contribution in [2.75, 3.05) is 6.61 Å². The minimum Gasteiger partial charge on any atom is -0.395 e. The van der Waals surface area contributed by atoms with Gasteiger partial charge in [0.1, 0.15) is 5.15 Å². The molecule has 0 aliphatic rings. The molecule has 4 nitrogen and oxygen atoms in total. The van der Waals surface area contributed by atoms with Crippen molar-refractivity contribution < 1.29 is 5.11 Å². The van der Waals surface area contributed by atoms with Crippen LogP contribution in [0.2, 0.25) is 5.15 Å². The standard InChI is InChI=1S/C10H9ClN2O2/c11-9-5-7-1-2-12-6-8(7)10(15)13(9)3-4-14/h1-2,5-6,14H,3-4H2. The van der Waals surface area contributed by atoms with E-state index in [1.54, 1.807) is 18.3 Å². The number of hydrogen-bond acceptors (Lipinski definition) is 3. The summed E-state index contributed by atoms with van der Waals surface area (Å²) in [6, 6.07) is 3.42. The Hall–Kier alpha value is -1.39. The van der Waals surface area contributed by atoms with Crippen LogP contribution in [0.15, 0.2) is 29.3 Å². The molecular formula is C10H9ClN2O2. The van der Waals surface area contributed by atoms with Crippen LogP contribution in [0.1, 0.15) is 0 Å². The second-order valence-corrected chi connectivity index (χ2v) is 3.50. The van der Waals surface area contributed by atoms with Crippen LogP contribution in [0.25, 0.3) is 10.8 Å². The van der Waals surface area contributed by atoms with Gasteiger partial charge in [0.25, 0.3) is 5.56 Å². The van der Waals surface area contributed by atoms with Crippen LogP contribution in [0, 0.1) is 0 Å². The largest absolute Gasteiger partial charge is 0.395 e. The molecule has 0 unspecified atom stereocenters. The van der Waals surface area contributed by atoms with Crippen molar-refractivity contribution >= 4 is 22.4 Å². The van der Waals surface area contributed by atoms with Gasteiger partial charge in [0.2, 0.25) is 0 Å². The van der Waals surface area contributed by atoms with Gasteiger partial charge in [-0.3, -0.25) is 14.3 Å². The monoisotopic (exact) mass is 224 g/mol. The first-order valence-corrected chi connectivity index (χ1v) is 4.86. The zero-order chi connectivity index (χ0) is 10.8. The molecule has 0 aromatic carbocycles. The highest BCUT2D eigenvalue weighted by atomic mass is 35.5. The third-order valence-corrected chi connectivity index (χ3v) is 2.50. The zero-order valence-electron chi connectivity index (χ0n) is 7.85. The third kappa shape index (κ3) is 1.73. The van der Waals surface area contributed by atoms with Crippen LogP contribution in [0.3, 0.4) is 0 Å². The van der Waals surface area contributed by atoms with Crippen molar-refractivity contribution in [1.82, 2.24) is 9.55 Å². The molecule has 1 N–H and O–H groups in total. The Labute approximate surface area is 90.8 Å². The molecular weight excluding hydrogens is 216 g/mol. The van der Waals surface area contributed by atoms with E-state index >= 15 is 0 Å². The average Bonchev–Trinajstić information content (AvgIpc) is 2.24. The van der Waals surface area contributed by atoms with Gasteiger partial charge >= 0.3 is 0 Å². The molecule has 0 spiro atoms. The van der Waals surface area contributed by atoms with Crippen molar-refractivity contribution in [3.8, 4) is 0 Å². The SMILES string of the molecule is O=c1c2cnccc2cc(Cl)n1CCO. The number of rotatable bonds is 2. The molecule has 0 aliphatic heterocycles. The fraction of sp³-hybridized carbons (Fsp3) is 0.200. The van der Waals surface area contributed by atoms with Crippen LogP contribution in [0.5, 0.6) is 0 Å². The fourth-order valence-electron chi connectivity index (χ4n) is 1.47. The lowest BCUT2D eigenvalue weighted by atomic mass is 10.2. The quantitative estimate of drug-likeness (QED) is 0.776. The second kappa shape index (κ2) is 4.00. The molecule has 0 radical (unpaired) electrons. The van der Waals surface area contributed by atoms with E-state index in [4.69, 9.17) is 16.7 Å². The Balaban J connectivity index is 2.78. The van der Waals surface area contributed by atoms with E-state index in [0.29, 0.717) is 10.5 Å². The Bertz CT molecular complexity index is 551. The molecule has 2 rings (SSSR count). The Morgan fingerprint density at radius 1 is 1.53 bits per heavy atom. The number of pyridine rings is 2. The van der Waals surface area contributed by atoms with E-state index in [2.05, 4.69) is 4.98 Å². The summed E-state index contributed by atoms with van der Waals surface area (Å²) in [5, 5.41) is 10.4. The van der Waals surface area contributed by atoms with Crippen LogP contribution >= 0.6 is 11.6 Å². The average molecular weight is 225 g/mol. The van der Waals surface area contributed by atoms with Crippen molar-refractivity contribution in [3.05, 3.63) is 40.0 Å². The Morgan fingerprint density at radius 2 is 2.33 bits per heavy atom. The maximum Gasteiger partial charge on any atom is 0.261 e. The van der Waals surface area contributed by atoms with Gasteiger partial charge in [-0.15, -0.1) is 0 Å². The highest BCUT2D eigenvalue weighted by Crippen LogP contribution is 2.14. The minimum atomic E-state index is -0.223. The maximum atomic E-state index is 11.9. The van der Waals surface area contributed by atoms with E-state index in [1.165, 1.54) is 10.8 Å². The second-order valence-electron chi connectivity index (χ2n) is 3.11. The van der Waals surface area contributed by atoms with Crippen LogP contribution in [-0.2, 0) is 6.54 Å². The van der Waals surface area contributed by atoms with Crippen molar-refractivity contribution in [2.24, 2.45) is 0 Å². The molecule has 5 heteroatoms. The van der Waals surface area contributed by atoms with Gasteiger partial charge in [-0.25, -0.2) is 0 Å². The third-order valence-electron chi connectivity index (χ3n) is 2.19. The van der Waals surface area contributed by atoms with E-state index in [9.17, 15) is 4.79 Å². The summed E-state index contributed by atoms with van der Waals surface area (Å²) in [5.74, 6) is 0. The van der Waals surface area contributed by atoms with Crippen LogP contribution in [0.4, 0.5) is 0 Å². The summed E-state index contributed by atoms with van der Waals surface area (Å²) in [7, 11) is 0. The smallest absolute Gasteiger partial charge is 0.261 e. The van der Waals surface area contributed by atoms with E-state index < -0.39 is 0 Å². The Morgan fingerprint density at radius 3 is 3.07 bits per heavy atom. The molecule has 0 saturated heterocycles. The number of hydrogen-bond donors (Lipinski definition) is 1. The highest BCUT2D eigenvalue weighted by Gasteiger charge is 2.06. The normalized spacial score (nSPS) is 10.8. The number of halogens is 1. The van der Waals surface area contributed by atoms with Gasteiger partial charge in [-0.05, 0) is 17.5 Å². The van der Waals surface area contributed by atoms with Crippen LogP contribution in [-0.4, -0.2) is 21.3 Å². The summed E-state index contributed by atoms with van der Waals surface area (Å²) in [5.41, 5.74) is -0.223. The molecule has 15 heavy (non-hydrogen) atoms. The van der Waals surface area contributed by atoms with Gasteiger partial charge in [-0.1, -0.05) is 11.6 Å². The first-order chi connectivity index (χ1) is 7.24. The number of nitrogens with zero attached hydrogens (tertiary/aromatic N) is 2. The Kier molecular flexibility index (Phi) is 2.70. The molecule has 78 valence electrons. The molecule has 0 saturated carbocycles. The van der Waals surface area contributed by atoms with E-state index in [1.807, 2.05) is 0 Å². The predicted octanol–water partition coefficient (Wildman–Crippen LogP) is 1.04. The molecule has 2 aromatic rings. The number of aliphatic hydroxyl groups excluding tert-OH is 1. The molecule has 0 amide bonds. The van der Waals surface area contributed by atoms with Gasteiger partial charge in [0.15, 0.2) is 0 Å². The zero-order valence-corrected chi connectivity index (χ0v) is 8.61. The lowest BCUT2D eigenvalue weighted by molar-refractivity contribution is 0.274. The van der Waals surface area contributed by atoms with Gasteiger partial charge in [-0.2, -0.15) is 0 Å². The van der Waals surface area contributed by atoms with Gasteiger partial charge < -0.3 is 5.11 Å². The first-order valence-electron chi connectivity index (χ1n) is 4.48. The number of aliphatic hydroxyl groups is 1. The molecule has 0 atom stereocenters. The van der Waals surface area contributed by atoms with E-state index in [-0.39, 0.29) is 18.7 Å². The van der Waals surface area contributed by atoms with Gasteiger partial charge in [0, 0.05) is 12.4 Å². The topological polar surface area (TPSA) is 55.1 Å². The highest BCUT2D eigenvalue weighted by molar-refractivity contribution is 6.30. The molecule has 0 aliphatic carbocycles. The molecule has 2 aromatic heterocycles. The predicted molar refractivity (Wildman–Crippen MR) is 58.1 cm³/mol. The van der Waals surface area contributed by atoms with Crippen molar-refractivity contribution in [2.45, 2.75) is 6.54 Å². The fourth-order valence-corrected chi connectivity index (χ4v) is 1.75. The van der Waals surface area contributed by atoms with Gasteiger partial charge in [0.05, 0.1) is 18.5 Å². The summed E-state index contributed by atoms with van der Waals surface area (Å²) >= 11 is 5.92.